The maximum Gasteiger partial charge on any atom is 0.212 e. The molecule has 0 amide bonds. The molecule has 0 fully saturated rings. The zero-order valence-corrected chi connectivity index (χ0v) is 12.5. The molecule has 0 atom stereocenters. The average Bonchev–Trinajstić information content (AvgIpc) is 2.52. The van der Waals surface area contributed by atoms with Crippen molar-refractivity contribution in [2.24, 2.45) is 0 Å². The minimum atomic E-state index is -3.33. The molecular weight excluding hydrogens is 286 g/mol. The van der Waals surface area contributed by atoms with Crippen molar-refractivity contribution in [2.75, 3.05) is 5.75 Å². The lowest BCUT2D eigenvalue weighted by Gasteiger charge is -2.09. The van der Waals surface area contributed by atoms with Crippen molar-refractivity contribution >= 4 is 10.0 Å². The second-order valence-electron chi connectivity index (χ2n) is 4.80. The summed E-state index contributed by atoms with van der Waals surface area (Å²) in [6.07, 6.45) is 0.484. The first kappa shape index (κ1) is 15.7. The molecule has 0 saturated heterocycles. The van der Waals surface area contributed by atoms with Crippen LogP contribution in [0.4, 0.5) is 0 Å². The molecule has 2 aromatic rings. The van der Waals surface area contributed by atoms with Crippen molar-refractivity contribution in [1.29, 1.82) is 0 Å². The van der Waals surface area contributed by atoms with E-state index in [-0.39, 0.29) is 18.9 Å². The van der Waals surface area contributed by atoms with E-state index in [9.17, 15) is 13.5 Å². The number of rotatable bonds is 7. The Bertz CT molecular complexity index is 669. The van der Waals surface area contributed by atoms with Gasteiger partial charge < -0.3 is 5.11 Å². The number of sulfonamides is 1. The first-order chi connectivity index (χ1) is 10.1. The molecule has 0 saturated carbocycles. The number of aryl methyl sites for hydroxylation is 1. The molecule has 0 aliphatic rings. The van der Waals surface area contributed by atoms with E-state index in [0.717, 1.165) is 16.7 Å². The van der Waals surface area contributed by atoms with Gasteiger partial charge in [-0.3, -0.25) is 0 Å². The Morgan fingerprint density at radius 2 is 1.52 bits per heavy atom. The van der Waals surface area contributed by atoms with E-state index in [2.05, 4.69) is 4.72 Å². The fourth-order valence-corrected chi connectivity index (χ4v) is 3.07. The van der Waals surface area contributed by atoms with Crippen molar-refractivity contribution in [3.63, 3.8) is 0 Å². The van der Waals surface area contributed by atoms with Crippen LogP contribution in [0.2, 0.25) is 0 Å². The van der Waals surface area contributed by atoms with Gasteiger partial charge in [0.1, 0.15) is 0 Å². The van der Waals surface area contributed by atoms with Crippen LogP contribution in [-0.2, 0) is 29.6 Å². The number of nitrogens with one attached hydrogen (secondary N) is 1. The monoisotopic (exact) mass is 305 g/mol. The van der Waals surface area contributed by atoms with Crippen LogP contribution in [0.25, 0.3) is 0 Å². The van der Waals surface area contributed by atoms with Crippen LogP contribution in [0.15, 0.2) is 54.6 Å². The van der Waals surface area contributed by atoms with Gasteiger partial charge in [-0.25, -0.2) is 13.1 Å². The molecule has 0 unspecified atom stereocenters. The molecule has 0 aromatic heterocycles. The normalized spacial score (nSPS) is 11.5. The molecule has 0 aliphatic carbocycles. The minimum absolute atomic E-state index is 0.0539. The fraction of sp³-hybridized carbons (Fsp3) is 0.250. The van der Waals surface area contributed by atoms with Crippen LogP contribution >= 0.6 is 0 Å². The van der Waals surface area contributed by atoms with Gasteiger partial charge in [0.05, 0.1) is 12.4 Å². The van der Waals surface area contributed by atoms with Crippen LogP contribution < -0.4 is 4.72 Å². The van der Waals surface area contributed by atoms with E-state index >= 15 is 0 Å². The van der Waals surface area contributed by atoms with Gasteiger partial charge in [0, 0.05) is 6.54 Å². The van der Waals surface area contributed by atoms with E-state index in [1.165, 1.54) is 0 Å². The Labute approximate surface area is 125 Å². The summed E-state index contributed by atoms with van der Waals surface area (Å²) in [5.41, 5.74) is 2.53. The van der Waals surface area contributed by atoms with Crippen molar-refractivity contribution < 1.29 is 13.5 Å². The standard InChI is InChI=1S/C16H19NO3S/c18-13-16-9-5-4-8-15(16)12-17-21(19,20)11-10-14-6-2-1-3-7-14/h1-9,17-18H,10-13H2. The molecule has 2 rings (SSSR count). The van der Waals surface area contributed by atoms with Crippen LogP contribution in [0.5, 0.6) is 0 Å². The molecule has 0 aliphatic heterocycles. The molecular formula is C16H19NO3S. The topological polar surface area (TPSA) is 66.4 Å². The van der Waals surface area contributed by atoms with Gasteiger partial charge in [-0.05, 0) is 23.1 Å². The zero-order valence-electron chi connectivity index (χ0n) is 11.7. The third-order valence-corrected chi connectivity index (χ3v) is 4.60. The SMILES string of the molecule is O=S(=O)(CCc1ccccc1)NCc1ccccc1CO. The van der Waals surface area contributed by atoms with Gasteiger partial charge in [0.25, 0.3) is 0 Å². The Balaban J connectivity index is 1.92. The first-order valence-corrected chi connectivity index (χ1v) is 8.45. The fourth-order valence-electron chi connectivity index (χ4n) is 2.04. The molecule has 4 nitrogen and oxygen atoms in total. The third kappa shape index (κ3) is 4.97. The molecule has 21 heavy (non-hydrogen) atoms. The summed E-state index contributed by atoms with van der Waals surface area (Å²) in [5.74, 6) is 0.0539. The summed E-state index contributed by atoms with van der Waals surface area (Å²) in [7, 11) is -3.33. The van der Waals surface area contributed by atoms with Gasteiger partial charge >= 0.3 is 0 Å². The number of hydrogen-bond donors (Lipinski definition) is 2. The van der Waals surface area contributed by atoms with E-state index in [1.807, 2.05) is 48.5 Å². The quantitative estimate of drug-likeness (QED) is 0.820. The maximum absolute atomic E-state index is 12.0. The van der Waals surface area contributed by atoms with Crippen molar-refractivity contribution in [2.45, 2.75) is 19.6 Å². The summed E-state index contributed by atoms with van der Waals surface area (Å²) < 4.78 is 26.6. The summed E-state index contributed by atoms with van der Waals surface area (Å²) in [5, 5.41) is 9.22. The van der Waals surface area contributed by atoms with E-state index in [0.29, 0.717) is 6.42 Å². The van der Waals surface area contributed by atoms with Crippen molar-refractivity contribution in [3.8, 4) is 0 Å². The van der Waals surface area contributed by atoms with E-state index in [4.69, 9.17) is 0 Å². The molecule has 0 heterocycles. The predicted octanol–water partition coefficient (Wildman–Crippen LogP) is 1.84. The molecule has 112 valence electrons. The Kier molecular flexibility index (Phi) is 5.50. The molecule has 2 N–H and O–H groups in total. The number of aliphatic hydroxyl groups excluding tert-OH is 1. The lowest BCUT2D eigenvalue weighted by molar-refractivity contribution is 0.280. The Morgan fingerprint density at radius 3 is 2.19 bits per heavy atom. The highest BCUT2D eigenvalue weighted by atomic mass is 32.2. The first-order valence-electron chi connectivity index (χ1n) is 6.79. The van der Waals surface area contributed by atoms with E-state index < -0.39 is 10.0 Å². The predicted molar refractivity (Wildman–Crippen MR) is 83.1 cm³/mol. The van der Waals surface area contributed by atoms with Gasteiger partial charge in [-0.15, -0.1) is 0 Å². The highest BCUT2D eigenvalue weighted by Crippen LogP contribution is 2.09. The summed E-state index contributed by atoms with van der Waals surface area (Å²) in [6, 6.07) is 16.8. The van der Waals surface area contributed by atoms with Crippen molar-refractivity contribution in [3.05, 3.63) is 71.3 Å². The average molecular weight is 305 g/mol. The largest absolute Gasteiger partial charge is 0.392 e. The lowest BCUT2D eigenvalue weighted by atomic mass is 10.1. The van der Waals surface area contributed by atoms with E-state index in [1.54, 1.807) is 6.07 Å². The summed E-state index contributed by atoms with van der Waals surface area (Å²) in [6.45, 7) is 0.107. The van der Waals surface area contributed by atoms with Gasteiger partial charge in [0.2, 0.25) is 10.0 Å². The molecule has 5 heteroatoms. The van der Waals surface area contributed by atoms with Crippen LogP contribution in [0, 0.1) is 0 Å². The smallest absolute Gasteiger partial charge is 0.212 e. The molecule has 0 bridgehead atoms. The van der Waals surface area contributed by atoms with Crippen molar-refractivity contribution in [1.82, 2.24) is 4.72 Å². The van der Waals surface area contributed by atoms with Gasteiger partial charge in [-0.1, -0.05) is 54.6 Å². The summed E-state index contributed by atoms with van der Waals surface area (Å²) >= 11 is 0. The van der Waals surface area contributed by atoms with Crippen LogP contribution in [0.3, 0.4) is 0 Å². The number of benzene rings is 2. The second kappa shape index (κ2) is 7.36. The van der Waals surface area contributed by atoms with Gasteiger partial charge in [0.15, 0.2) is 0 Å². The van der Waals surface area contributed by atoms with Crippen LogP contribution in [-0.4, -0.2) is 19.3 Å². The maximum atomic E-state index is 12.0. The van der Waals surface area contributed by atoms with Crippen LogP contribution in [0.1, 0.15) is 16.7 Å². The lowest BCUT2D eigenvalue weighted by Crippen LogP contribution is -2.27. The number of aliphatic hydroxyl groups is 1. The zero-order chi connectivity index (χ0) is 15.1. The second-order valence-corrected chi connectivity index (χ2v) is 6.73. The molecule has 0 spiro atoms. The Morgan fingerprint density at radius 1 is 0.905 bits per heavy atom. The molecule has 0 radical (unpaired) electrons. The minimum Gasteiger partial charge on any atom is -0.392 e. The third-order valence-electron chi connectivity index (χ3n) is 3.27. The Hall–Kier alpha value is -1.69. The highest BCUT2D eigenvalue weighted by Gasteiger charge is 2.11. The summed E-state index contributed by atoms with van der Waals surface area (Å²) in [4.78, 5) is 0. The molecule has 2 aromatic carbocycles. The van der Waals surface area contributed by atoms with Gasteiger partial charge in [-0.2, -0.15) is 0 Å². The highest BCUT2D eigenvalue weighted by molar-refractivity contribution is 7.89. The number of hydrogen-bond acceptors (Lipinski definition) is 3.